The van der Waals surface area contributed by atoms with Gasteiger partial charge in [-0.25, -0.2) is 14.8 Å². The molecule has 6 N–H and O–H groups in total. The third-order valence-electron chi connectivity index (χ3n) is 3.70. The zero-order chi connectivity index (χ0) is 19.9. The van der Waals surface area contributed by atoms with Crippen molar-refractivity contribution in [3.63, 3.8) is 0 Å². The Kier molecular flexibility index (Phi) is 4.60. The number of hydrogen-bond acceptors (Lipinski definition) is 6. The molecule has 1 amide bonds. The molecular formula is C15H13F3N4O4. The molecule has 1 heterocycles. The van der Waals surface area contributed by atoms with Gasteiger partial charge in [-0.15, -0.1) is 0 Å². The molecule has 0 aliphatic rings. The van der Waals surface area contributed by atoms with Crippen LogP contribution in [0.1, 0.15) is 21.6 Å². The Hall–Kier alpha value is -3.21. The van der Waals surface area contributed by atoms with Crippen LogP contribution in [0.4, 0.5) is 19.0 Å². The van der Waals surface area contributed by atoms with Crippen LogP contribution in [0.2, 0.25) is 0 Å². The maximum atomic E-state index is 13.2. The van der Waals surface area contributed by atoms with E-state index in [2.05, 4.69) is 9.97 Å². The summed E-state index contributed by atoms with van der Waals surface area (Å²) in [6.45, 7) is 1.51. The minimum Gasteiger partial charge on any atom is -0.476 e. The average Bonchev–Trinajstić information content (AvgIpc) is 2.53. The van der Waals surface area contributed by atoms with Crippen LogP contribution in [0.5, 0.6) is 0 Å². The second-order valence-electron chi connectivity index (χ2n) is 5.40. The Bertz CT molecular complexity index is 901. The Morgan fingerprint density at radius 3 is 2.35 bits per heavy atom. The van der Waals surface area contributed by atoms with Crippen LogP contribution in [-0.4, -0.2) is 38.2 Å². The van der Waals surface area contributed by atoms with Gasteiger partial charge >= 0.3 is 12.1 Å². The second kappa shape index (κ2) is 6.26. The van der Waals surface area contributed by atoms with Gasteiger partial charge in [0.05, 0.1) is 11.9 Å². The average molecular weight is 370 g/mol. The van der Waals surface area contributed by atoms with E-state index in [-0.39, 0.29) is 17.1 Å². The first-order valence-electron chi connectivity index (χ1n) is 6.96. The number of anilines is 1. The molecule has 0 saturated heterocycles. The molecule has 11 heteroatoms. The monoisotopic (exact) mass is 370 g/mol. The molecule has 1 aromatic carbocycles. The predicted molar refractivity (Wildman–Crippen MR) is 82.7 cm³/mol. The highest BCUT2D eigenvalue weighted by Crippen LogP contribution is 2.40. The van der Waals surface area contributed by atoms with Crippen molar-refractivity contribution in [1.82, 2.24) is 9.97 Å². The lowest BCUT2D eigenvalue weighted by molar-refractivity contribution is -0.255. The number of nitrogens with zero attached hydrogens (tertiary/aromatic N) is 2. The molecule has 0 fully saturated rings. The number of aromatic carboxylic acids is 1. The van der Waals surface area contributed by atoms with E-state index in [4.69, 9.17) is 16.6 Å². The summed E-state index contributed by atoms with van der Waals surface area (Å²) in [4.78, 5) is 29.8. The molecule has 0 aliphatic carbocycles. The summed E-state index contributed by atoms with van der Waals surface area (Å²) >= 11 is 0. The van der Waals surface area contributed by atoms with Gasteiger partial charge in [0, 0.05) is 11.1 Å². The predicted octanol–water partition coefficient (Wildman–Crippen LogP) is 0.968. The van der Waals surface area contributed by atoms with E-state index in [1.807, 2.05) is 0 Å². The minimum absolute atomic E-state index is 0.0152. The van der Waals surface area contributed by atoms with Crippen LogP contribution in [-0.2, 0) is 10.4 Å². The lowest BCUT2D eigenvalue weighted by Crippen LogP contribution is -2.52. The number of hydrogen-bond donors (Lipinski definition) is 4. The summed E-state index contributed by atoms with van der Waals surface area (Å²) in [5, 5.41) is 18.9. The van der Waals surface area contributed by atoms with Crippen LogP contribution in [0.3, 0.4) is 0 Å². The fraction of sp³-hybridized carbons (Fsp3) is 0.200. The van der Waals surface area contributed by atoms with Crippen molar-refractivity contribution in [2.45, 2.75) is 18.7 Å². The third kappa shape index (κ3) is 3.04. The van der Waals surface area contributed by atoms with Crippen molar-refractivity contribution >= 4 is 17.7 Å². The Balaban J connectivity index is 2.71. The minimum atomic E-state index is -5.37. The molecule has 1 unspecified atom stereocenters. The number of benzene rings is 1. The number of aromatic nitrogens is 2. The number of halogens is 3. The fourth-order valence-electron chi connectivity index (χ4n) is 2.25. The largest absolute Gasteiger partial charge is 0.476 e. The van der Waals surface area contributed by atoms with E-state index in [1.54, 1.807) is 0 Å². The van der Waals surface area contributed by atoms with E-state index in [9.17, 15) is 27.9 Å². The van der Waals surface area contributed by atoms with E-state index in [0.717, 1.165) is 18.3 Å². The summed E-state index contributed by atoms with van der Waals surface area (Å²) < 4.78 is 39.7. The van der Waals surface area contributed by atoms with Crippen molar-refractivity contribution in [1.29, 1.82) is 0 Å². The van der Waals surface area contributed by atoms with E-state index >= 15 is 0 Å². The van der Waals surface area contributed by atoms with Crippen molar-refractivity contribution in [3.05, 3.63) is 41.2 Å². The van der Waals surface area contributed by atoms with Gasteiger partial charge in [-0.05, 0) is 18.6 Å². The highest BCUT2D eigenvalue weighted by atomic mass is 19.4. The number of aliphatic hydroxyl groups is 1. The van der Waals surface area contributed by atoms with Crippen LogP contribution >= 0.6 is 0 Å². The molecule has 138 valence electrons. The number of aryl methyl sites for hydroxylation is 1. The summed E-state index contributed by atoms with van der Waals surface area (Å²) in [7, 11) is 0. The molecule has 0 spiro atoms. The molecule has 1 atom stereocenters. The van der Waals surface area contributed by atoms with Crippen LogP contribution in [0, 0.1) is 6.92 Å². The molecule has 0 saturated carbocycles. The summed E-state index contributed by atoms with van der Waals surface area (Å²) in [6.07, 6.45) is -4.31. The molecular weight excluding hydrogens is 357 g/mol. The van der Waals surface area contributed by atoms with Crippen LogP contribution in [0.15, 0.2) is 24.4 Å². The molecule has 8 nitrogen and oxygen atoms in total. The normalized spacial score (nSPS) is 13.9. The van der Waals surface area contributed by atoms with Crippen molar-refractivity contribution in [2.24, 2.45) is 5.73 Å². The molecule has 0 aliphatic heterocycles. The van der Waals surface area contributed by atoms with E-state index < -0.39 is 34.9 Å². The summed E-state index contributed by atoms with van der Waals surface area (Å²) in [5.74, 6) is -3.86. The number of nitrogen functional groups attached to an aromatic ring is 1. The number of alkyl halides is 3. The molecule has 2 aromatic rings. The van der Waals surface area contributed by atoms with E-state index in [1.165, 1.54) is 13.0 Å². The quantitative estimate of drug-likeness (QED) is 0.625. The summed E-state index contributed by atoms with van der Waals surface area (Å²) in [6, 6.07) is 2.93. The van der Waals surface area contributed by atoms with Crippen LogP contribution < -0.4 is 11.5 Å². The topological polar surface area (TPSA) is 152 Å². The Morgan fingerprint density at radius 2 is 1.85 bits per heavy atom. The Labute approximate surface area is 144 Å². The number of nitrogens with two attached hydrogens (primary N) is 2. The number of carboxylic acid groups (broad SMARTS) is 1. The lowest BCUT2D eigenvalue weighted by Gasteiger charge is -2.28. The first-order chi connectivity index (χ1) is 11.9. The third-order valence-corrected chi connectivity index (χ3v) is 3.70. The number of carbonyl (C=O) groups excluding carboxylic acids is 1. The van der Waals surface area contributed by atoms with Gasteiger partial charge in [-0.1, -0.05) is 12.1 Å². The number of primary amides is 1. The first-order valence-corrected chi connectivity index (χ1v) is 6.96. The van der Waals surface area contributed by atoms with Gasteiger partial charge in [-0.2, -0.15) is 13.2 Å². The molecule has 2 rings (SSSR count). The maximum Gasteiger partial charge on any atom is 0.430 e. The lowest BCUT2D eigenvalue weighted by atomic mass is 9.89. The molecule has 1 aromatic heterocycles. The summed E-state index contributed by atoms with van der Waals surface area (Å²) in [5.41, 5.74) is 5.11. The number of rotatable bonds is 4. The van der Waals surface area contributed by atoms with Gasteiger partial charge in [0.2, 0.25) is 0 Å². The SMILES string of the molecule is Cc1ccc(C(O)(C(N)=O)C(F)(F)F)cc1-c1cnc(N)c(C(=O)O)n1. The number of amides is 1. The van der Waals surface area contributed by atoms with Crippen molar-refractivity contribution < 1.29 is 33.0 Å². The molecule has 26 heavy (non-hydrogen) atoms. The first kappa shape index (κ1) is 19.1. The smallest absolute Gasteiger partial charge is 0.430 e. The maximum absolute atomic E-state index is 13.2. The van der Waals surface area contributed by atoms with Gasteiger partial charge in [0.25, 0.3) is 11.5 Å². The Morgan fingerprint density at radius 1 is 1.23 bits per heavy atom. The highest BCUT2D eigenvalue weighted by Gasteiger charge is 2.60. The zero-order valence-corrected chi connectivity index (χ0v) is 13.2. The highest BCUT2D eigenvalue weighted by molar-refractivity contribution is 5.91. The second-order valence-corrected chi connectivity index (χ2v) is 5.40. The zero-order valence-electron chi connectivity index (χ0n) is 13.2. The van der Waals surface area contributed by atoms with Crippen molar-refractivity contribution in [2.75, 3.05) is 5.73 Å². The van der Waals surface area contributed by atoms with Gasteiger partial charge < -0.3 is 21.7 Å². The molecule has 0 radical (unpaired) electrons. The standard InChI is InChI=1S/C15H13F3N4O4/c1-6-2-3-7(14(26,13(20)25)15(16,17)18)4-8(6)9-5-21-11(19)10(22-9)12(23)24/h2-5,26H,1H3,(H2,19,21)(H2,20,25)(H,23,24). The van der Waals surface area contributed by atoms with Crippen molar-refractivity contribution in [3.8, 4) is 11.3 Å². The number of carboxylic acids is 1. The van der Waals surface area contributed by atoms with Gasteiger partial charge in [0.1, 0.15) is 0 Å². The fourth-order valence-corrected chi connectivity index (χ4v) is 2.25. The van der Waals surface area contributed by atoms with E-state index in [0.29, 0.717) is 5.56 Å². The van der Waals surface area contributed by atoms with Gasteiger partial charge in [0.15, 0.2) is 11.5 Å². The molecule has 0 bridgehead atoms. The van der Waals surface area contributed by atoms with Crippen LogP contribution in [0.25, 0.3) is 11.3 Å². The van der Waals surface area contributed by atoms with Gasteiger partial charge in [-0.3, -0.25) is 4.79 Å². The number of carbonyl (C=O) groups is 2.